The Morgan fingerprint density at radius 3 is 2.67 bits per heavy atom. The molecular formula is C13H21N3O4S. The second kappa shape index (κ2) is 7.96. The number of hydrogen-bond donors (Lipinski definition) is 3. The van der Waals surface area contributed by atoms with E-state index in [1.807, 2.05) is 0 Å². The van der Waals surface area contributed by atoms with Crippen LogP contribution in [-0.2, 0) is 19.6 Å². The predicted octanol–water partition coefficient (Wildman–Crippen LogP) is 0.750. The predicted molar refractivity (Wildman–Crippen MR) is 82.6 cm³/mol. The van der Waals surface area contributed by atoms with Crippen LogP contribution in [0, 0.1) is 0 Å². The van der Waals surface area contributed by atoms with Crippen molar-refractivity contribution < 1.29 is 17.9 Å². The van der Waals surface area contributed by atoms with Crippen LogP contribution in [0.2, 0.25) is 0 Å². The Labute approximate surface area is 124 Å². The average Bonchev–Trinajstić information content (AvgIpc) is 2.38. The molecule has 1 unspecified atom stereocenters. The second-order valence-electron chi connectivity index (χ2n) is 4.55. The summed E-state index contributed by atoms with van der Waals surface area (Å²) >= 11 is 0. The van der Waals surface area contributed by atoms with Crippen molar-refractivity contribution in [1.29, 1.82) is 0 Å². The maximum Gasteiger partial charge on any atom is 0.243 e. The van der Waals surface area contributed by atoms with E-state index in [-0.39, 0.29) is 12.4 Å². The minimum atomic E-state index is -3.36. The lowest BCUT2D eigenvalue weighted by Crippen LogP contribution is -2.39. The van der Waals surface area contributed by atoms with Gasteiger partial charge in [0.05, 0.1) is 18.0 Å². The normalized spacial score (nSPS) is 12.7. The van der Waals surface area contributed by atoms with E-state index in [0.717, 1.165) is 0 Å². The molecule has 0 fully saturated rings. The summed E-state index contributed by atoms with van der Waals surface area (Å²) in [4.78, 5) is 11.7. The van der Waals surface area contributed by atoms with Crippen LogP contribution in [-0.4, -0.2) is 39.8 Å². The zero-order chi connectivity index (χ0) is 15.9. The quantitative estimate of drug-likeness (QED) is 0.655. The van der Waals surface area contributed by atoms with Crippen LogP contribution in [0.15, 0.2) is 24.3 Å². The van der Waals surface area contributed by atoms with Crippen molar-refractivity contribution in [3.05, 3.63) is 24.3 Å². The molecule has 0 saturated heterocycles. The van der Waals surface area contributed by atoms with Gasteiger partial charge in [-0.1, -0.05) is 13.0 Å². The summed E-state index contributed by atoms with van der Waals surface area (Å²) in [5, 5.41) is 2.61. The molecule has 0 aliphatic carbocycles. The first-order valence-electron chi connectivity index (χ1n) is 6.54. The van der Waals surface area contributed by atoms with E-state index in [1.165, 1.54) is 13.2 Å². The fourth-order valence-electron chi connectivity index (χ4n) is 1.65. The number of hydrogen-bond acceptors (Lipinski definition) is 5. The van der Waals surface area contributed by atoms with Crippen molar-refractivity contribution in [2.45, 2.75) is 19.4 Å². The number of methoxy groups -OCH3 is 1. The molecule has 0 aliphatic rings. The van der Waals surface area contributed by atoms with E-state index in [0.29, 0.717) is 17.8 Å². The highest BCUT2D eigenvalue weighted by Gasteiger charge is 2.14. The van der Waals surface area contributed by atoms with E-state index >= 15 is 0 Å². The summed E-state index contributed by atoms with van der Waals surface area (Å²) in [6.45, 7) is 1.89. The van der Waals surface area contributed by atoms with Crippen molar-refractivity contribution in [2.75, 3.05) is 29.5 Å². The van der Waals surface area contributed by atoms with Crippen LogP contribution in [0.25, 0.3) is 0 Å². The standard InChI is InChI=1S/C13H21N3O4S/c1-3-7-21(18,19)16-11-6-4-5-10(8-11)15-13(17)12(14)9-20-2/h4-6,8,12,16H,3,7,9,14H2,1-2H3,(H,15,17). The molecule has 21 heavy (non-hydrogen) atoms. The van der Waals surface area contributed by atoms with Crippen molar-refractivity contribution in [3.63, 3.8) is 0 Å². The average molecular weight is 315 g/mol. The summed E-state index contributed by atoms with van der Waals surface area (Å²) in [5.74, 6) is -0.354. The Hall–Kier alpha value is -1.64. The van der Waals surface area contributed by atoms with Crippen LogP contribution in [0.3, 0.4) is 0 Å². The van der Waals surface area contributed by atoms with Crippen LogP contribution in [0.4, 0.5) is 11.4 Å². The number of amides is 1. The van der Waals surface area contributed by atoms with Gasteiger partial charge in [-0.2, -0.15) is 0 Å². The molecule has 0 saturated carbocycles. The molecule has 1 aromatic carbocycles. The first kappa shape index (κ1) is 17.4. The molecule has 0 aromatic heterocycles. The molecule has 0 aliphatic heterocycles. The molecule has 118 valence electrons. The van der Waals surface area contributed by atoms with Gasteiger partial charge in [-0.3, -0.25) is 9.52 Å². The maximum atomic E-state index is 11.7. The van der Waals surface area contributed by atoms with E-state index in [4.69, 9.17) is 10.5 Å². The number of rotatable bonds is 8. The number of sulfonamides is 1. The van der Waals surface area contributed by atoms with Gasteiger partial charge >= 0.3 is 0 Å². The Morgan fingerprint density at radius 1 is 1.38 bits per heavy atom. The Kier molecular flexibility index (Phi) is 6.60. The van der Waals surface area contributed by atoms with Crippen molar-refractivity contribution in [1.82, 2.24) is 0 Å². The maximum absolute atomic E-state index is 11.7. The lowest BCUT2D eigenvalue weighted by Gasteiger charge is -2.12. The molecule has 1 atom stereocenters. The molecule has 1 aromatic rings. The minimum Gasteiger partial charge on any atom is -0.383 e. The van der Waals surface area contributed by atoms with Crippen molar-refractivity contribution >= 4 is 27.3 Å². The van der Waals surface area contributed by atoms with Gasteiger partial charge in [0.15, 0.2) is 0 Å². The van der Waals surface area contributed by atoms with E-state index in [1.54, 1.807) is 25.1 Å². The largest absolute Gasteiger partial charge is 0.383 e. The smallest absolute Gasteiger partial charge is 0.243 e. The van der Waals surface area contributed by atoms with Crippen LogP contribution in [0.1, 0.15) is 13.3 Å². The van der Waals surface area contributed by atoms with Crippen LogP contribution in [0.5, 0.6) is 0 Å². The third-order valence-electron chi connectivity index (χ3n) is 2.56. The highest BCUT2D eigenvalue weighted by atomic mass is 32.2. The van der Waals surface area contributed by atoms with E-state index < -0.39 is 22.0 Å². The highest BCUT2D eigenvalue weighted by Crippen LogP contribution is 2.16. The Morgan fingerprint density at radius 2 is 2.05 bits per heavy atom. The molecule has 7 nitrogen and oxygen atoms in total. The lowest BCUT2D eigenvalue weighted by molar-refractivity contribution is -0.118. The molecule has 0 radical (unpaired) electrons. The molecule has 0 heterocycles. The number of carbonyl (C=O) groups is 1. The third-order valence-corrected chi connectivity index (χ3v) is 4.05. The van der Waals surface area contributed by atoms with Gasteiger partial charge < -0.3 is 15.8 Å². The minimum absolute atomic E-state index is 0.0439. The highest BCUT2D eigenvalue weighted by molar-refractivity contribution is 7.92. The van der Waals surface area contributed by atoms with Crippen LogP contribution >= 0.6 is 0 Å². The zero-order valence-electron chi connectivity index (χ0n) is 12.1. The van der Waals surface area contributed by atoms with Gasteiger partial charge in [0.1, 0.15) is 6.04 Å². The molecule has 0 spiro atoms. The van der Waals surface area contributed by atoms with Gasteiger partial charge in [-0.25, -0.2) is 8.42 Å². The molecule has 1 rings (SSSR count). The summed E-state index contributed by atoms with van der Waals surface area (Å²) < 4.78 is 30.6. The number of nitrogens with one attached hydrogen (secondary N) is 2. The summed E-state index contributed by atoms with van der Waals surface area (Å²) in [7, 11) is -1.91. The summed E-state index contributed by atoms with van der Waals surface area (Å²) in [6, 6.07) is 5.65. The molecule has 0 bridgehead atoms. The van der Waals surface area contributed by atoms with Crippen LogP contribution < -0.4 is 15.8 Å². The number of ether oxygens (including phenoxy) is 1. The van der Waals surface area contributed by atoms with E-state index in [2.05, 4.69) is 10.0 Å². The van der Waals surface area contributed by atoms with Crippen molar-refractivity contribution in [2.24, 2.45) is 5.73 Å². The SMILES string of the molecule is CCCS(=O)(=O)Nc1cccc(NC(=O)C(N)COC)c1. The van der Waals surface area contributed by atoms with Gasteiger partial charge in [-0.15, -0.1) is 0 Å². The molecule has 1 amide bonds. The van der Waals surface area contributed by atoms with E-state index in [9.17, 15) is 13.2 Å². The zero-order valence-corrected chi connectivity index (χ0v) is 12.9. The number of nitrogens with two attached hydrogens (primary N) is 1. The summed E-state index contributed by atoms with van der Waals surface area (Å²) in [5.41, 5.74) is 6.46. The first-order chi connectivity index (χ1) is 9.88. The molecule has 8 heteroatoms. The third kappa shape index (κ3) is 6.11. The lowest BCUT2D eigenvalue weighted by atomic mass is 10.2. The molecular weight excluding hydrogens is 294 g/mol. The first-order valence-corrected chi connectivity index (χ1v) is 8.19. The van der Waals surface area contributed by atoms with Gasteiger partial charge in [0.25, 0.3) is 0 Å². The van der Waals surface area contributed by atoms with Gasteiger partial charge in [0.2, 0.25) is 15.9 Å². The Balaban J connectivity index is 2.75. The van der Waals surface area contributed by atoms with Crippen molar-refractivity contribution in [3.8, 4) is 0 Å². The topological polar surface area (TPSA) is 111 Å². The fraction of sp³-hybridized carbons (Fsp3) is 0.462. The monoisotopic (exact) mass is 315 g/mol. The van der Waals surface area contributed by atoms with Gasteiger partial charge in [0, 0.05) is 12.8 Å². The number of benzene rings is 1. The fourth-order valence-corrected chi connectivity index (χ4v) is 2.78. The number of carbonyl (C=O) groups excluding carboxylic acids is 1. The second-order valence-corrected chi connectivity index (χ2v) is 6.39. The number of anilines is 2. The summed E-state index contributed by atoms with van der Waals surface area (Å²) in [6.07, 6.45) is 0.525. The van der Waals surface area contributed by atoms with Gasteiger partial charge in [-0.05, 0) is 24.6 Å². The Bertz CT molecular complexity index is 575. The molecule has 4 N–H and O–H groups in total.